The molecule has 0 atom stereocenters. The molecule has 0 amide bonds. The number of nitriles is 1. The highest BCUT2D eigenvalue weighted by molar-refractivity contribution is 7.99. The molecule has 8 rings (SSSR count). The van der Waals surface area contributed by atoms with Gasteiger partial charge in [0, 0.05) is 33.5 Å². The van der Waals surface area contributed by atoms with E-state index < -0.39 is 95.5 Å². The fourth-order valence-corrected chi connectivity index (χ4v) is 11.9. The number of hydrogen-bond donors (Lipinski definition) is 6. The van der Waals surface area contributed by atoms with Crippen LogP contribution in [0.2, 0.25) is 0 Å². The number of fused-ring (bicyclic) bond motifs is 6. The molecule has 8 aromatic rings. The Bertz CT molecular complexity index is 4800. The van der Waals surface area contributed by atoms with Crippen LogP contribution in [0.5, 0.6) is 17.4 Å². The quantitative estimate of drug-likeness (QED) is 0.0184. The van der Waals surface area contributed by atoms with Crippen molar-refractivity contribution in [3.05, 3.63) is 89.0 Å². The van der Waals surface area contributed by atoms with Gasteiger partial charge < -0.3 is 19.7 Å². The van der Waals surface area contributed by atoms with Gasteiger partial charge in [0.25, 0.3) is 40.5 Å². The molecular formula is C45H40N10O22S8. The summed E-state index contributed by atoms with van der Waals surface area (Å²) in [6.07, 6.45) is -0.192. The number of ether oxygens (including phenoxy) is 2. The minimum Gasteiger partial charge on any atom is -0.497 e. The van der Waals surface area contributed by atoms with Crippen LogP contribution in [0.15, 0.2) is 112 Å². The first-order valence-corrected chi connectivity index (χ1v) is 32.9. The van der Waals surface area contributed by atoms with E-state index >= 15 is 0 Å². The number of thiazole rings is 1. The lowest BCUT2D eigenvalue weighted by Crippen LogP contribution is -2.08. The number of aromatic hydroxyl groups is 1. The molecule has 0 spiro atoms. The standard InChI is InChI=1S/C45H40N10O16S6.2O3S/c1-23-14-34(51-53-40-24(2)30(21-46)43-47-31-9-7-27(70-3)17-36(31)55(43)44(40)57)37(71-10-4-12-74(58,59)60)19-32(23)49-52-35-15-26(22-56)33(20-38(35)72-11-5-13-75(61,62)63)50-54-45-48-41-39(77(67,68)69)16-25-6-8-28(76(64,65)66)18-29(25)42(41)73-45;2*1-4(2)3/h6-9,14-20,56-57H,4-5,10-13,22H2,1-3H3,(H,58,59,60)(H,61,62,63)(H,64,65,66)(H,67,68,69);;. The second-order valence-electron chi connectivity index (χ2n) is 17.0. The molecule has 32 nitrogen and oxygen atoms in total. The minimum atomic E-state index is -4.90. The number of nitrogens with zero attached hydrogens (tertiary/aromatic N) is 10. The van der Waals surface area contributed by atoms with Crippen molar-refractivity contribution < 1.29 is 96.8 Å². The maximum Gasteiger partial charge on any atom is 0.425 e. The zero-order chi connectivity index (χ0) is 62.9. The van der Waals surface area contributed by atoms with E-state index in [0.29, 0.717) is 27.2 Å². The number of azo groups is 3. The van der Waals surface area contributed by atoms with E-state index in [1.165, 1.54) is 41.8 Å². The third-order valence-electron chi connectivity index (χ3n) is 11.3. The number of pyridine rings is 1. The van der Waals surface area contributed by atoms with Gasteiger partial charge in [-0.1, -0.05) is 17.4 Å². The van der Waals surface area contributed by atoms with E-state index in [1.807, 2.05) is 0 Å². The van der Waals surface area contributed by atoms with Crippen LogP contribution < -0.4 is 9.47 Å². The van der Waals surface area contributed by atoms with E-state index in [0.717, 1.165) is 41.3 Å². The molecule has 0 unspecified atom stereocenters. The Kier molecular flexibility index (Phi) is 21.4. The molecule has 0 aliphatic heterocycles. The van der Waals surface area contributed by atoms with Crippen LogP contribution in [0.1, 0.15) is 35.1 Å². The molecule has 0 saturated carbocycles. The summed E-state index contributed by atoms with van der Waals surface area (Å²) in [6, 6.07) is 17.2. The third kappa shape index (κ3) is 17.4. The average molecular weight is 1330 g/mol. The van der Waals surface area contributed by atoms with Crippen LogP contribution in [0.4, 0.5) is 33.6 Å². The van der Waals surface area contributed by atoms with Gasteiger partial charge >= 0.3 is 21.2 Å². The van der Waals surface area contributed by atoms with Crippen molar-refractivity contribution in [3.63, 3.8) is 0 Å². The highest BCUT2D eigenvalue weighted by Gasteiger charge is 2.24. The molecule has 450 valence electrons. The van der Waals surface area contributed by atoms with Crippen molar-refractivity contribution in [1.82, 2.24) is 14.4 Å². The Morgan fingerprint density at radius 1 is 0.729 bits per heavy atom. The lowest BCUT2D eigenvalue weighted by Gasteiger charge is -2.12. The number of methoxy groups -OCH3 is 1. The van der Waals surface area contributed by atoms with Crippen molar-refractivity contribution in [2.24, 2.45) is 30.7 Å². The van der Waals surface area contributed by atoms with E-state index in [-0.39, 0.29) is 108 Å². The Balaban J connectivity index is 0.00000136. The summed E-state index contributed by atoms with van der Waals surface area (Å²) in [5.74, 6) is -1.11. The first-order valence-electron chi connectivity index (χ1n) is 23.0. The molecule has 0 bridgehead atoms. The molecule has 0 aliphatic rings. The number of rotatable bonds is 20. The first-order chi connectivity index (χ1) is 39.7. The first kappa shape index (κ1) is 66.2. The largest absolute Gasteiger partial charge is 0.497 e. The Morgan fingerprint density at radius 2 is 1.36 bits per heavy atom. The second-order valence-corrected chi connectivity index (χ2v) is 25.9. The maximum atomic E-state index is 12.5. The van der Waals surface area contributed by atoms with Crippen LogP contribution in [0.3, 0.4) is 0 Å². The number of benzene rings is 5. The van der Waals surface area contributed by atoms with Gasteiger partial charge in [0.1, 0.15) is 39.2 Å². The Hall–Kier alpha value is -7.92. The summed E-state index contributed by atoms with van der Waals surface area (Å²) in [5.41, 5.74) is 1.83. The molecule has 0 radical (unpaired) electrons. The van der Waals surface area contributed by atoms with E-state index in [9.17, 15) is 67.4 Å². The molecule has 40 heteroatoms. The van der Waals surface area contributed by atoms with Gasteiger partial charge in [0.15, 0.2) is 11.3 Å². The van der Waals surface area contributed by atoms with E-state index in [4.69, 9.17) is 34.7 Å². The Morgan fingerprint density at radius 3 is 1.98 bits per heavy atom. The van der Waals surface area contributed by atoms with Crippen molar-refractivity contribution in [1.29, 1.82) is 5.26 Å². The summed E-state index contributed by atoms with van der Waals surface area (Å²) >= 11 is 1.83. The predicted octanol–water partition coefficient (Wildman–Crippen LogP) is 7.70. The fourth-order valence-electron chi connectivity index (χ4n) is 7.64. The summed E-state index contributed by atoms with van der Waals surface area (Å²) in [7, 11) is -23.1. The lowest BCUT2D eigenvalue weighted by molar-refractivity contribution is 0.282. The normalized spacial score (nSPS) is 12.2. The molecule has 0 aliphatic carbocycles. The van der Waals surface area contributed by atoms with Gasteiger partial charge in [-0.3, -0.25) is 22.6 Å². The molecule has 85 heavy (non-hydrogen) atoms. The molecule has 5 aromatic carbocycles. The number of aryl methyl sites for hydroxylation is 1. The topological polar surface area (TPSA) is 507 Å². The van der Waals surface area contributed by atoms with E-state index in [1.54, 1.807) is 32.0 Å². The number of imidazole rings is 1. The van der Waals surface area contributed by atoms with Crippen molar-refractivity contribution in [2.45, 2.75) is 48.0 Å². The van der Waals surface area contributed by atoms with Gasteiger partial charge in [-0.05, 0) is 91.9 Å². The van der Waals surface area contributed by atoms with Crippen LogP contribution in [-0.4, -0.2) is 133 Å². The number of aromatic nitrogens is 3. The molecule has 3 aromatic heterocycles. The van der Waals surface area contributed by atoms with Crippen LogP contribution >= 0.6 is 23.1 Å². The van der Waals surface area contributed by atoms with Gasteiger partial charge in [-0.25, -0.2) is 9.97 Å². The molecule has 0 saturated heterocycles. The lowest BCUT2D eigenvalue weighted by atomic mass is 10.1. The monoisotopic (exact) mass is 1330 g/mol. The molecule has 3 heterocycles. The average Bonchev–Trinajstić information content (AvgIpc) is 1.79. The smallest absolute Gasteiger partial charge is 0.425 e. The van der Waals surface area contributed by atoms with Gasteiger partial charge in [0.05, 0.1) is 69.5 Å². The van der Waals surface area contributed by atoms with Crippen LogP contribution in [0, 0.1) is 25.2 Å². The Labute approximate surface area is 491 Å². The van der Waals surface area contributed by atoms with Crippen LogP contribution in [-0.2, 0) is 68.3 Å². The minimum absolute atomic E-state index is 0.0165. The number of aliphatic hydroxyl groups excluding tert-OH is 1. The summed E-state index contributed by atoms with van der Waals surface area (Å²) in [4.78, 5) is 7.94. The zero-order valence-electron chi connectivity index (χ0n) is 43.3. The highest BCUT2D eigenvalue weighted by atomic mass is 32.2. The third-order valence-corrected chi connectivity index (χ3v) is 16.7. The summed E-state index contributed by atoms with van der Waals surface area (Å²) in [6.45, 7) is 2.26. The molecular weight excluding hydrogens is 1290 g/mol. The predicted molar refractivity (Wildman–Crippen MR) is 301 cm³/mol. The summed E-state index contributed by atoms with van der Waals surface area (Å²) < 4.78 is 197. The maximum absolute atomic E-state index is 12.5. The van der Waals surface area contributed by atoms with Gasteiger partial charge in [-0.15, -0.1) is 62.6 Å². The number of aliphatic hydroxyl groups is 1. The molecule has 6 N–H and O–H groups in total. The van der Waals surface area contributed by atoms with Crippen molar-refractivity contribution >= 4 is 156 Å². The van der Waals surface area contributed by atoms with Crippen molar-refractivity contribution in [2.75, 3.05) is 31.0 Å². The van der Waals surface area contributed by atoms with Gasteiger partial charge in [0.2, 0.25) is 11.0 Å². The fraction of sp³-hybridized carbons (Fsp3) is 0.222. The summed E-state index contributed by atoms with van der Waals surface area (Å²) in [5, 5.41) is 58.5. The second kappa shape index (κ2) is 27.4. The molecule has 0 fully saturated rings. The number of thioether (sulfide) groups is 1. The number of hydrogen-bond acceptors (Lipinski definition) is 29. The highest BCUT2D eigenvalue weighted by Crippen LogP contribution is 2.44. The van der Waals surface area contributed by atoms with Crippen LogP contribution in [0.25, 0.3) is 37.7 Å². The SMILES string of the molecule is COc1ccc2nc3c(C#N)c(C)c(N=Nc4cc(C)c(N=Nc5cc(CO)c(N=Nc6nc7c(S(=O)(=O)O)cc8ccc(S(=O)(=O)O)cc8c7s6)cc5SCCCS(=O)(=O)O)cc4OCCCS(=O)(=O)O)c(O)n3c2c1.O=S(=O)=O.O=S(=O)=O. The van der Waals surface area contributed by atoms with Crippen molar-refractivity contribution in [3.8, 4) is 23.4 Å². The van der Waals surface area contributed by atoms with Gasteiger partial charge in [-0.2, -0.15) is 44.0 Å². The zero-order valence-corrected chi connectivity index (χ0v) is 49.8. The van der Waals surface area contributed by atoms with E-state index in [2.05, 4.69) is 46.7 Å².